The maximum Gasteiger partial charge on any atom is 0.248 e. The van der Waals surface area contributed by atoms with Crippen molar-refractivity contribution in [3.8, 4) is 0 Å². The second-order valence-electron chi connectivity index (χ2n) is 3.93. The van der Waals surface area contributed by atoms with Crippen molar-refractivity contribution in [2.24, 2.45) is 5.73 Å². The molecule has 2 aromatic carbocycles. The van der Waals surface area contributed by atoms with Gasteiger partial charge in [-0.1, -0.05) is 24.3 Å². The Morgan fingerprint density at radius 1 is 1.06 bits per heavy atom. The molecule has 0 bridgehead atoms. The minimum absolute atomic E-state index is 0.200. The van der Waals surface area contributed by atoms with Gasteiger partial charge >= 0.3 is 0 Å². The third kappa shape index (κ3) is 2.53. The number of halogens is 2. The van der Waals surface area contributed by atoms with Crippen molar-refractivity contribution in [2.75, 3.05) is 0 Å². The molecule has 0 heterocycles. The molecule has 0 unspecified atom stereocenters. The number of amides is 1. The number of benzene rings is 2. The van der Waals surface area contributed by atoms with Crippen LogP contribution < -0.4 is 5.73 Å². The summed E-state index contributed by atoms with van der Waals surface area (Å²) in [6.45, 7) is 0. The molecular weight excluding hydrogens is 236 g/mol. The highest BCUT2D eigenvalue weighted by Gasteiger charge is 2.10. The molecule has 2 nitrogen and oxygen atoms in total. The summed E-state index contributed by atoms with van der Waals surface area (Å²) in [5.41, 5.74) is 6.53. The van der Waals surface area contributed by atoms with E-state index in [4.69, 9.17) is 5.73 Å². The summed E-state index contributed by atoms with van der Waals surface area (Å²) in [4.78, 5) is 11.2. The van der Waals surface area contributed by atoms with E-state index in [1.165, 1.54) is 12.1 Å². The van der Waals surface area contributed by atoms with Gasteiger partial charge in [-0.05, 0) is 23.3 Å². The molecular formula is C14H11F2NO. The van der Waals surface area contributed by atoms with E-state index in [-0.39, 0.29) is 6.42 Å². The van der Waals surface area contributed by atoms with E-state index >= 15 is 0 Å². The van der Waals surface area contributed by atoms with E-state index in [0.717, 1.165) is 6.07 Å². The first-order chi connectivity index (χ1) is 8.58. The summed E-state index contributed by atoms with van der Waals surface area (Å²) in [6, 6.07) is 10.1. The second kappa shape index (κ2) is 4.96. The van der Waals surface area contributed by atoms with E-state index in [1.54, 1.807) is 24.3 Å². The SMILES string of the molecule is NC(=O)c1ccccc1Cc1ccc(F)cc1F. The van der Waals surface area contributed by atoms with Crippen LogP contribution in [0.25, 0.3) is 0 Å². The monoisotopic (exact) mass is 247 g/mol. The molecule has 2 rings (SSSR count). The number of primary amides is 1. The fraction of sp³-hybridized carbons (Fsp3) is 0.0714. The molecule has 2 aromatic rings. The van der Waals surface area contributed by atoms with E-state index in [0.29, 0.717) is 16.7 Å². The molecule has 0 atom stereocenters. The second-order valence-corrected chi connectivity index (χ2v) is 3.93. The molecule has 92 valence electrons. The summed E-state index contributed by atoms with van der Waals surface area (Å²) >= 11 is 0. The van der Waals surface area contributed by atoms with Crippen molar-refractivity contribution >= 4 is 5.91 Å². The molecule has 0 radical (unpaired) electrons. The first kappa shape index (κ1) is 12.2. The molecule has 0 saturated heterocycles. The summed E-state index contributed by atoms with van der Waals surface area (Å²) in [5.74, 6) is -1.82. The maximum absolute atomic E-state index is 13.5. The van der Waals surface area contributed by atoms with Gasteiger partial charge in [0, 0.05) is 18.1 Å². The lowest BCUT2D eigenvalue weighted by Crippen LogP contribution is -2.14. The zero-order valence-corrected chi connectivity index (χ0v) is 9.49. The van der Waals surface area contributed by atoms with Crippen molar-refractivity contribution < 1.29 is 13.6 Å². The van der Waals surface area contributed by atoms with Crippen LogP contribution in [0.2, 0.25) is 0 Å². The first-order valence-corrected chi connectivity index (χ1v) is 5.39. The van der Waals surface area contributed by atoms with Gasteiger partial charge in [0.05, 0.1) is 0 Å². The molecule has 0 saturated carbocycles. The Balaban J connectivity index is 2.37. The molecule has 0 fully saturated rings. The van der Waals surface area contributed by atoms with Crippen LogP contribution in [0.5, 0.6) is 0 Å². The Labute approximate surface area is 103 Å². The Morgan fingerprint density at radius 2 is 1.78 bits per heavy atom. The molecule has 0 aliphatic carbocycles. The van der Waals surface area contributed by atoms with E-state index < -0.39 is 17.5 Å². The summed E-state index contributed by atoms with van der Waals surface area (Å²) in [7, 11) is 0. The van der Waals surface area contributed by atoms with Gasteiger partial charge in [0.2, 0.25) is 5.91 Å². The predicted octanol–water partition coefficient (Wildman–Crippen LogP) is 2.65. The smallest absolute Gasteiger partial charge is 0.248 e. The Morgan fingerprint density at radius 3 is 2.44 bits per heavy atom. The topological polar surface area (TPSA) is 43.1 Å². The highest BCUT2D eigenvalue weighted by molar-refractivity contribution is 5.94. The van der Waals surface area contributed by atoms with Gasteiger partial charge in [-0.3, -0.25) is 4.79 Å². The van der Waals surface area contributed by atoms with Crippen LogP contribution in [0, 0.1) is 11.6 Å². The van der Waals surface area contributed by atoms with Crippen molar-refractivity contribution in [3.63, 3.8) is 0 Å². The first-order valence-electron chi connectivity index (χ1n) is 5.39. The van der Waals surface area contributed by atoms with Gasteiger partial charge in [0.25, 0.3) is 0 Å². The normalized spacial score (nSPS) is 10.3. The third-order valence-corrected chi connectivity index (χ3v) is 2.68. The maximum atomic E-state index is 13.5. The van der Waals surface area contributed by atoms with Gasteiger partial charge < -0.3 is 5.73 Å². The Kier molecular flexibility index (Phi) is 3.37. The molecule has 2 N–H and O–H groups in total. The van der Waals surface area contributed by atoms with Crippen molar-refractivity contribution in [3.05, 3.63) is 70.8 Å². The number of carbonyl (C=O) groups excluding carboxylic acids is 1. The Bertz CT molecular complexity index is 596. The van der Waals surface area contributed by atoms with Crippen LogP contribution in [0.1, 0.15) is 21.5 Å². The highest BCUT2D eigenvalue weighted by atomic mass is 19.1. The van der Waals surface area contributed by atoms with Crippen LogP contribution in [0.3, 0.4) is 0 Å². The average Bonchev–Trinajstić information content (AvgIpc) is 2.33. The number of hydrogen-bond acceptors (Lipinski definition) is 1. The standard InChI is InChI=1S/C14H11F2NO/c15-11-6-5-10(13(16)8-11)7-9-3-1-2-4-12(9)14(17)18/h1-6,8H,7H2,(H2,17,18). The predicted molar refractivity (Wildman–Crippen MR) is 64.1 cm³/mol. The van der Waals surface area contributed by atoms with Crippen LogP contribution in [0.4, 0.5) is 8.78 Å². The molecule has 0 aliphatic heterocycles. The largest absolute Gasteiger partial charge is 0.366 e. The van der Waals surface area contributed by atoms with Crippen LogP contribution >= 0.6 is 0 Å². The third-order valence-electron chi connectivity index (χ3n) is 2.68. The van der Waals surface area contributed by atoms with E-state index in [1.807, 2.05) is 0 Å². The van der Waals surface area contributed by atoms with Crippen molar-refractivity contribution in [2.45, 2.75) is 6.42 Å². The summed E-state index contributed by atoms with van der Waals surface area (Å²) < 4.78 is 26.3. The fourth-order valence-corrected chi connectivity index (χ4v) is 1.79. The Hall–Kier alpha value is -2.23. The van der Waals surface area contributed by atoms with Crippen LogP contribution in [-0.4, -0.2) is 5.91 Å². The van der Waals surface area contributed by atoms with E-state index in [2.05, 4.69) is 0 Å². The van der Waals surface area contributed by atoms with Crippen molar-refractivity contribution in [1.82, 2.24) is 0 Å². The number of carbonyl (C=O) groups is 1. The quantitative estimate of drug-likeness (QED) is 0.890. The fourth-order valence-electron chi connectivity index (χ4n) is 1.79. The van der Waals surface area contributed by atoms with Gasteiger partial charge in [-0.15, -0.1) is 0 Å². The minimum atomic E-state index is -0.630. The number of rotatable bonds is 3. The zero-order chi connectivity index (χ0) is 13.1. The molecule has 0 spiro atoms. The lowest BCUT2D eigenvalue weighted by molar-refractivity contribution is 0.0999. The average molecular weight is 247 g/mol. The van der Waals surface area contributed by atoms with Crippen LogP contribution in [0.15, 0.2) is 42.5 Å². The summed E-state index contributed by atoms with van der Waals surface area (Å²) in [6.07, 6.45) is 0.200. The van der Waals surface area contributed by atoms with Gasteiger partial charge in [-0.25, -0.2) is 8.78 Å². The van der Waals surface area contributed by atoms with Gasteiger partial charge in [-0.2, -0.15) is 0 Å². The summed E-state index contributed by atoms with van der Waals surface area (Å²) in [5, 5.41) is 0. The zero-order valence-electron chi connectivity index (χ0n) is 9.49. The molecule has 1 amide bonds. The van der Waals surface area contributed by atoms with Crippen molar-refractivity contribution in [1.29, 1.82) is 0 Å². The lowest BCUT2D eigenvalue weighted by Gasteiger charge is -2.07. The van der Waals surface area contributed by atoms with Crippen LogP contribution in [-0.2, 0) is 6.42 Å². The lowest BCUT2D eigenvalue weighted by atomic mass is 9.99. The number of nitrogens with two attached hydrogens (primary N) is 1. The number of hydrogen-bond donors (Lipinski definition) is 1. The molecule has 4 heteroatoms. The van der Waals surface area contributed by atoms with Gasteiger partial charge in [0.1, 0.15) is 11.6 Å². The van der Waals surface area contributed by atoms with Gasteiger partial charge in [0.15, 0.2) is 0 Å². The van der Waals surface area contributed by atoms with E-state index in [9.17, 15) is 13.6 Å². The minimum Gasteiger partial charge on any atom is -0.366 e. The highest BCUT2D eigenvalue weighted by Crippen LogP contribution is 2.17. The molecule has 0 aliphatic rings. The molecule has 0 aromatic heterocycles. The molecule has 18 heavy (non-hydrogen) atoms.